The van der Waals surface area contributed by atoms with Crippen LogP contribution in [0.4, 0.5) is 5.69 Å². The molecule has 12 heteroatoms. The Bertz CT molecular complexity index is 1570. The van der Waals surface area contributed by atoms with Crippen molar-refractivity contribution >= 4 is 34.8 Å². The molecule has 1 fully saturated rings. The molecule has 2 amide bonds. The smallest absolute Gasteiger partial charge is 0.255 e. The molecule has 5 rings (SSSR count). The van der Waals surface area contributed by atoms with Crippen LogP contribution in [0, 0.1) is 11.8 Å². The van der Waals surface area contributed by atoms with Crippen molar-refractivity contribution < 1.29 is 44.7 Å². The number of phenolic OH excluding ortho intramolecular Hbond substituents is 1. The van der Waals surface area contributed by atoms with Crippen LogP contribution in [0.25, 0.3) is 16.9 Å². The molecule has 0 aromatic heterocycles. The highest BCUT2D eigenvalue weighted by Crippen LogP contribution is 2.53. The highest BCUT2D eigenvalue weighted by molar-refractivity contribution is 6.24. The van der Waals surface area contributed by atoms with Crippen molar-refractivity contribution in [1.29, 1.82) is 0 Å². The number of aliphatic hydroxyl groups is 4. The van der Waals surface area contributed by atoms with Crippen LogP contribution in [0.5, 0.6) is 5.75 Å². The van der Waals surface area contributed by atoms with Gasteiger partial charge in [0.25, 0.3) is 5.91 Å². The Morgan fingerprint density at radius 2 is 1.73 bits per heavy atom. The number of aromatic hydroxyl groups is 1. The van der Waals surface area contributed by atoms with Gasteiger partial charge in [-0.25, -0.2) is 0 Å². The van der Waals surface area contributed by atoms with E-state index < -0.39 is 70.6 Å². The average Bonchev–Trinajstić information content (AvgIpc) is 2.91. The van der Waals surface area contributed by atoms with Gasteiger partial charge in [-0.15, -0.1) is 0 Å². The fourth-order valence-corrected chi connectivity index (χ4v) is 6.45. The predicted molar refractivity (Wildman–Crippen MR) is 145 cm³/mol. The summed E-state index contributed by atoms with van der Waals surface area (Å²) in [6.07, 6.45) is 0.119. The zero-order chi connectivity index (χ0) is 30.0. The lowest BCUT2D eigenvalue weighted by atomic mass is 9.57. The number of carbonyl (C=O) groups excluding carboxylic acids is 4. The minimum atomic E-state index is -2.70. The Labute approximate surface area is 234 Å². The minimum Gasteiger partial charge on any atom is -0.508 e. The largest absolute Gasteiger partial charge is 0.508 e. The summed E-state index contributed by atoms with van der Waals surface area (Å²) in [5.41, 5.74) is 3.79. The monoisotopic (exact) mass is 563 g/mol. The molecule has 214 valence electrons. The van der Waals surface area contributed by atoms with Gasteiger partial charge in [0.05, 0.1) is 11.6 Å². The quantitative estimate of drug-likeness (QED) is 0.251. The lowest BCUT2D eigenvalue weighted by Crippen LogP contribution is -2.65. The number of Topliss-reactive ketones (excluding diaryl/α,β-unsaturated/α-hetero) is 2. The van der Waals surface area contributed by atoms with Crippen molar-refractivity contribution in [3.8, 4) is 16.9 Å². The van der Waals surface area contributed by atoms with Gasteiger partial charge in [0, 0.05) is 17.2 Å². The zero-order valence-electron chi connectivity index (χ0n) is 22.2. The number of nitrogens with zero attached hydrogens (tertiary/aromatic N) is 1. The molecule has 0 saturated heterocycles. The molecule has 1 saturated carbocycles. The first-order valence-corrected chi connectivity index (χ1v) is 12.8. The first-order chi connectivity index (χ1) is 19.3. The van der Waals surface area contributed by atoms with E-state index in [1.807, 2.05) is 0 Å². The normalized spacial score (nSPS) is 25.5. The number of aliphatic hydroxyl groups excluding tert-OH is 3. The molecule has 0 radical (unpaired) electrons. The molecule has 0 unspecified atom stereocenters. The van der Waals surface area contributed by atoms with Crippen LogP contribution in [0.1, 0.15) is 17.5 Å². The Morgan fingerprint density at radius 1 is 1.07 bits per heavy atom. The van der Waals surface area contributed by atoms with Crippen molar-refractivity contribution in [1.82, 2.24) is 4.90 Å². The maximum atomic E-state index is 13.9. The lowest BCUT2D eigenvalue weighted by molar-refractivity contribution is -0.153. The van der Waals surface area contributed by atoms with Gasteiger partial charge in [-0.1, -0.05) is 18.2 Å². The van der Waals surface area contributed by atoms with E-state index in [9.17, 15) is 39.6 Å². The summed E-state index contributed by atoms with van der Waals surface area (Å²) >= 11 is 0. The molecule has 0 bridgehead atoms. The van der Waals surface area contributed by atoms with Crippen LogP contribution in [-0.2, 0) is 25.6 Å². The molecule has 0 spiro atoms. The van der Waals surface area contributed by atoms with Crippen molar-refractivity contribution in [3.63, 3.8) is 0 Å². The van der Waals surface area contributed by atoms with Crippen LogP contribution in [0.3, 0.4) is 0 Å². The number of nitrogens with two attached hydrogens (primary N) is 1. The predicted octanol–water partition coefficient (Wildman–Crippen LogP) is 0.562. The molecule has 4 atom stereocenters. The second-order valence-corrected chi connectivity index (χ2v) is 10.7. The Hall–Kier alpha value is -4.52. The molecule has 3 aliphatic rings. The number of amides is 2. The third-order valence-corrected chi connectivity index (χ3v) is 8.23. The number of hydrogen-bond acceptors (Lipinski definition) is 10. The van der Waals surface area contributed by atoms with Crippen LogP contribution in [0.2, 0.25) is 0 Å². The van der Waals surface area contributed by atoms with Crippen LogP contribution in [0.15, 0.2) is 53.3 Å². The topological polar surface area (TPSA) is 211 Å². The van der Waals surface area contributed by atoms with Gasteiger partial charge in [0.2, 0.25) is 11.7 Å². The fraction of sp³-hybridized carbons (Fsp3) is 0.310. The summed E-state index contributed by atoms with van der Waals surface area (Å²) in [5, 5.41) is 56.3. The molecule has 2 aromatic carbocycles. The SMILES string of the molecule is CN(C)[C@H]1C(=O)C(C(N)=O)=C(O)[C@]2(O)C(=O)C3=C(O)c4c(O)ccc(-c5ccc(NC(=O)CO)cc5)c4C[C@@H]3C[C@H]12. The molecule has 3 aliphatic carbocycles. The van der Waals surface area contributed by atoms with Crippen molar-refractivity contribution in [3.05, 3.63) is 64.4 Å². The summed E-state index contributed by atoms with van der Waals surface area (Å²) in [4.78, 5) is 52.2. The van der Waals surface area contributed by atoms with Gasteiger partial charge in [0.15, 0.2) is 11.4 Å². The molecule has 12 nitrogen and oxygen atoms in total. The first kappa shape index (κ1) is 28.0. The van der Waals surface area contributed by atoms with Crippen molar-refractivity contribution in [2.45, 2.75) is 24.5 Å². The fourth-order valence-electron chi connectivity index (χ4n) is 6.45. The highest BCUT2D eigenvalue weighted by atomic mass is 16.3. The lowest BCUT2D eigenvalue weighted by Gasteiger charge is -2.50. The number of carbonyl (C=O) groups is 4. The maximum absolute atomic E-state index is 13.9. The zero-order valence-corrected chi connectivity index (χ0v) is 22.2. The molecule has 8 N–H and O–H groups in total. The second-order valence-electron chi connectivity index (χ2n) is 10.7. The van der Waals surface area contributed by atoms with Crippen LogP contribution in [-0.4, -0.2) is 86.2 Å². The van der Waals surface area contributed by atoms with Gasteiger partial charge in [-0.05, 0) is 67.7 Å². The first-order valence-electron chi connectivity index (χ1n) is 12.8. The number of nitrogens with one attached hydrogen (secondary N) is 1. The Morgan fingerprint density at radius 3 is 2.32 bits per heavy atom. The standard InChI is InChI=1S/C29H29N3O9/c1-32(2)23-17-10-13-9-16-15(12-3-5-14(6-4-12)31-19(35)11-33)7-8-18(34)21(16)24(36)20(13)26(38)29(17,41)27(39)22(25(23)37)28(30)40/h3-8,13,17,23,33-34,36,39,41H,9-11H2,1-2H3,(H2,30,40)(H,31,35)/t13-,17-,23-,29-/m1/s1. The summed E-state index contributed by atoms with van der Waals surface area (Å²) < 4.78 is 0. The number of hydrogen-bond donors (Lipinski definition) is 7. The number of rotatable bonds is 5. The van der Waals surface area contributed by atoms with E-state index in [4.69, 9.17) is 10.8 Å². The van der Waals surface area contributed by atoms with E-state index in [1.54, 1.807) is 30.3 Å². The number of likely N-dealkylation sites (N-methyl/N-ethyl adjacent to an activating group) is 1. The molecule has 0 aliphatic heterocycles. The van der Waals surface area contributed by atoms with Crippen LogP contribution < -0.4 is 11.1 Å². The second kappa shape index (κ2) is 9.84. The van der Waals surface area contributed by atoms with Crippen molar-refractivity contribution in [2.75, 3.05) is 26.0 Å². The molecule has 41 heavy (non-hydrogen) atoms. The van der Waals surface area contributed by atoms with Gasteiger partial charge < -0.3 is 36.6 Å². The summed E-state index contributed by atoms with van der Waals surface area (Å²) in [7, 11) is 3.08. The van der Waals surface area contributed by atoms with E-state index in [2.05, 4.69) is 5.32 Å². The van der Waals surface area contributed by atoms with Gasteiger partial charge >= 0.3 is 0 Å². The van der Waals surface area contributed by atoms with E-state index in [-0.39, 0.29) is 29.7 Å². The molecule has 0 heterocycles. The van der Waals surface area contributed by atoms with Gasteiger partial charge in [-0.3, -0.25) is 24.1 Å². The Balaban J connectivity index is 1.65. The third-order valence-electron chi connectivity index (χ3n) is 8.23. The number of fused-ring (bicyclic) bond motifs is 3. The van der Waals surface area contributed by atoms with E-state index in [0.29, 0.717) is 22.4 Å². The van der Waals surface area contributed by atoms with E-state index >= 15 is 0 Å². The molecular weight excluding hydrogens is 534 g/mol. The summed E-state index contributed by atoms with van der Waals surface area (Å²) in [6.45, 7) is -0.672. The number of anilines is 1. The number of phenols is 1. The molecule has 2 aromatic rings. The molecular formula is C29H29N3O9. The number of ketones is 2. The van der Waals surface area contributed by atoms with Crippen molar-refractivity contribution in [2.24, 2.45) is 17.6 Å². The highest BCUT2D eigenvalue weighted by Gasteiger charge is 2.64. The third kappa shape index (κ3) is 4.10. The van der Waals surface area contributed by atoms with E-state index in [1.165, 1.54) is 25.1 Å². The minimum absolute atomic E-state index is 0.0172. The Kier molecular flexibility index (Phi) is 6.72. The number of primary amides is 1. The number of benzene rings is 2. The van der Waals surface area contributed by atoms with Gasteiger partial charge in [0.1, 0.15) is 29.4 Å². The maximum Gasteiger partial charge on any atom is 0.255 e. The van der Waals surface area contributed by atoms with Crippen LogP contribution >= 0.6 is 0 Å². The summed E-state index contributed by atoms with van der Waals surface area (Å²) in [5.74, 6) is -7.68. The summed E-state index contributed by atoms with van der Waals surface area (Å²) in [6, 6.07) is 8.48. The van der Waals surface area contributed by atoms with E-state index in [0.717, 1.165) is 0 Å². The van der Waals surface area contributed by atoms with Gasteiger partial charge in [-0.2, -0.15) is 0 Å². The average molecular weight is 564 g/mol.